The van der Waals surface area contributed by atoms with Gasteiger partial charge in [-0.3, -0.25) is 0 Å². The lowest BCUT2D eigenvalue weighted by molar-refractivity contribution is 0.348. The van der Waals surface area contributed by atoms with Crippen LogP contribution in [0.25, 0.3) is 11.1 Å². The molecule has 0 aliphatic heterocycles. The third-order valence-corrected chi connectivity index (χ3v) is 5.25. The fourth-order valence-corrected chi connectivity index (χ4v) is 3.68. The first-order valence-electron chi connectivity index (χ1n) is 8.45. The van der Waals surface area contributed by atoms with Gasteiger partial charge in [0.05, 0.1) is 0 Å². The molecule has 1 saturated carbocycles. The van der Waals surface area contributed by atoms with Gasteiger partial charge < -0.3 is 5.11 Å². The maximum absolute atomic E-state index is 9.70. The second kappa shape index (κ2) is 6.16. The van der Waals surface area contributed by atoms with Crippen LogP contribution >= 0.6 is 0 Å². The smallest absolute Gasteiger partial charge is 0.118 e. The first-order valence-corrected chi connectivity index (χ1v) is 8.45. The molecule has 0 heterocycles. The summed E-state index contributed by atoms with van der Waals surface area (Å²) in [5.74, 6) is 2.01. The highest BCUT2D eigenvalue weighted by Gasteiger charge is 2.20. The van der Waals surface area contributed by atoms with Crippen molar-refractivity contribution in [3.8, 4) is 16.9 Å². The molecule has 0 spiro atoms. The van der Waals surface area contributed by atoms with E-state index >= 15 is 0 Å². The van der Waals surface area contributed by atoms with Crippen molar-refractivity contribution in [2.24, 2.45) is 5.92 Å². The van der Waals surface area contributed by atoms with E-state index in [4.69, 9.17) is 0 Å². The number of phenols is 1. The molecule has 0 unspecified atom stereocenters. The quantitative estimate of drug-likeness (QED) is 0.723. The van der Waals surface area contributed by atoms with Crippen molar-refractivity contribution in [2.45, 2.75) is 52.4 Å². The van der Waals surface area contributed by atoms with Gasteiger partial charge in [-0.05, 0) is 78.5 Å². The van der Waals surface area contributed by atoms with Crippen molar-refractivity contribution in [1.82, 2.24) is 0 Å². The van der Waals surface area contributed by atoms with E-state index < -0.39 is 0 Å². The summed E-state index contributed by atoms with van der Waals surface area (Å²) in [6.45, 7) is 6.52. The van der Waals surface area contributed by atoms with E-state index in [9.17, 15) is 5.11 Å². The molecule has 1 fully saturated rings. The van der Waals surface area contributed by atoms with Crippen LogP contribution in [0.1, 0.15) is 55.2 Å². The van der Waals surface area contributed by atoms with Gasteiger partial charge in [0, 0.05) is 0 Å². The molecule has 3 rings (SSSR count). The Morgan fingerprint density at radius 2 is 1.59 bits per heavy atom. The Labute approximate surface area is 134 Å². The molecule has 116 valence electrons. The molecule has 1 heteroatoms. The van der Waals surface area contributed by atoms with E-state index in [0.29, 0.717) is 5.75 Å². The molecule has 0 saturated heterocycles. The highest BCUT2D eigenvalue weighted by Crippen LogP contribution is 2.37. The lowest BCUT2D eigenvalue weighted by Crippen LogP contribution is -2.10. The van der Waals surface area contributed by atoms with Gasteiger partial charge in [-0.2, -0.15) is 0 Å². The molecule has 1 N–H and O–H groups in total. The second-order valence-electron chi connectivity index (χ2n) is 7.03. The number of aromatic hydroxyl groups is 1. The fraction of sp³-hybridized carbons (Fsp3) is 0.429. The van der Waals surface area contributed by atoms with Crippen molar-refractivity contribution in [1.29, 1.82) is 0 Å². The van der Waals surface area contributed by atoms with Crippen molar-refractivity contribution in [2.75, 3.05) is 0 Å². The third kappa shape index (κ3) is 3.04. The predicted octanol–water partition coefficient (Wildman–Crippen LogP) is 5.97. The summed E-state index contributed by atoms with van der Waals surface area (Å²) in [4.78, 5) is 0. The maximum atomic E-state index is 9.70. The van der Waals surface area contributed by atoms with Crippen LogP contribution in [0.5, 0.6) is 5.75 Å². The van der Waals surface area contributed by atoms with E-state index in [1.165, 1.54) is 47.9 Å². The zero-order valence-corrected chi connectivity index (χ0v) is 13.9. The van der Waals surface area contributed by atoms with Crippen molar-refractivity contribution < 1.29 is 5.11 Å². The topological polar surface area (TPSA) is 20.2 Å². The minimum absolute atomic E-state index is 0.370. The summed E-state index contributed by atoms with van der Waals surface area (Å²) in [5.41, 5.74) is 6.24. The van der Waals surface area contributed by atoms with Gasteiger partial charge >= 0.3 is 0 Å². The van der Waals surface area contributed by atoms with Crippen molar-refractivity contribution in [3.63, 3.8) is 0 Å². The van der Waals surface area contributed by atoms with E-state index in [2.05, 4.69) is 38.1 Å². The van der Waals surface area contributed by atoms with E-state index in [1.807, 2.05) is 13.0 Å². The number of benzene rings is 2. The lowest BCUT2D eigenvalue weighted by Gasteiger charge is -2.27. The third-order valence-electron chi connectivity index (χ3n) is 5.25. The maximum Gasteiger partial charge on any atom is 0.118 e. The highest BCUT2D eigenvalue weighted by atomic mass is 16.3. The van der Waals surface area contributed by atoms with Crippen molar-refractivity contribution >= 4 is 0 Å². The molecular weight excluding hydrogens is 268 g/mol. The highest BCUT2D eigenvalue weighted by molar-refractivity contribution is 5.69. The Morgan fingerprint density at radius 1 is 0.864 bits per heavy atom. The van der Waals surface area contributed by atoms with Crippen LogP contribution in [0.3, 0.4) is 0 Å². The zero-order chi connectivity index (χ0) is 15.7. The van der Waals surface area contributed by atoms with Crippen LogP contribution in [0, 0.1) is 19.8 Å². The molecule has 2 aromatic rings. The van der Waals surface area contributed by atoms with Gasteiger partial charge in [0.2, 0.25) is 0 Å². The molecule has 0 aromatic heterocycles. The molecular formula is C21H26O. The molecule has 0 amide bonds. The molecule has 1 aliphatic carbocycles. The first kappa shape index (κ1) is 15.1. The van der Waals surface area contributed by atoms with E-state index in [1.54, 1.807) is 6.07 Å². The van der Waals surface area contributed by atoms with Gasteiger partial charge in [0.1, 0.15) is 5.75 Å². The van der Waals surface area contributed by atoms with Gasteiger partial charge in [0.25, 0.3) is 0 Å². The molecule has 22 heavy (non-hydrogen) atoms. The number of phenolic OH excluding ortho intramolecular Hbond substituents is 1. The summed E-state index contributed by atoms with van der Waals surface area (Å²) in [6.07, 6.45) is 5.39. The van der Waals surface area contributed by atoms with Gasteiger partial charge in [-0.25, -0.2) is 0 Å². The van der Waals surface area contributed by atoms with Crippen LogP contribution in [-0.4, -0.2) is 5.11 Å². The number of aryl methyl sites for hydroxylation is 2. The number of hydrogen-bond acceptors (Lipinski definition) is 1. The van der Waals surface area contributed by atoms with Crippen molar-refractivity contribution in [3.05, 3.63) is 53.1 Å². The van der Waals surface area contributed by atoms with Crippen LogP contribution in [0.15, 0.2) is 36.4 Å². The van der Waals surface area contributed by atoms with E-state index in [-0.39, 0.29) is 0 Å². The second-order valence-corrected chi connectivity index (χ2v) is 7.03. The number of rotatable bonds is 2. The summed E-state index contributed by atoms with van der Waals surface area (Å²) in [5, 5.41) is 9.70. The average molecular weight is 294 g/mol. The minimum Gasteiger partial charge on any atom is -0.508 e. The van der Waals surface area contributed by atoms with Crippen LogP contribution < -0.4 is 0 Å². The monoisotopic (exact) mass is 294 g/mol. The molecule has 2 aromatic carbocycles. The summed E-state index contributed by atoms with van der Waals surface area (Å²) in [7, 11) is 0. The molecule has 0 bridgehead atoms. The van der Waals surface area contributed by atoms with Crippen LogP contribution in [0.2, 0.25) is 0 Å². The minimum atomic E-state index is 0.370. The Balaban J connectivity index is 1.87. The zero-order valence-electron chi connectivity index (χ0n) is 13.9. The number of hydrogen-bond donors (Lipinski definition) is 1. The fourth-order valence-electron chi connectivity index (χ4n) is 3.68. The molecule has 0 radical (unpaired) electrons. The molecule has 0 atom stereocenters. The van der Waals surface area contributed by atoms with Gasteiger partial charge in [-0.1, -0.05) is 44.0 Å². The normalized spacial score (nSPS) is 21.8. The standard InChI is InChI=1S/C21H26O/c1-14-4-6-17(7-5-14)18-8-10-20(15(2)12-18)19-9-11-21(22)16(3)13-19/h8-14,17,22H,4-7H2,1-3H3. The molecule has 1 aliphatic rings. The largest absolute Gasteiger partial charge is 0.508 e. The summed E-state index contributed by atoms with van der Waals surface area (Å²) < 4.78 is 0. The predicted molar refractivity (Wildman–Crippen MR) is 93.4 cm³/mol. The Bertz CT molecular complexity index is 664. The first-order chi connectivity index (χ1) is 10.5. The van der Waals surface area contributed by atoms with Crippen LogP contribution in [0.4, 0.5) is 0 Å². The summed E-state index contributed by atoms with van der Waals surface area (Å²) >= 11 is 0. The Morgan fingerprint density at radius 3 is 2.23 bits per heavy atom. The lowest BCUT2D eigenvalue weighted by atomic mass is 9.79. The molecule has 1 nitrogen and oxygen atoms in total. The Kier molecular flexibility index (Phi) is 4.24. The van der Waals surface area contributed by atoms with Gasteiger partial charge in [-0.15, -0.1) is 0 Å². The Hall–Kier alpha value is -1.76. The summed E-state index contributed by atoms with van der Waals surface area (Å²) in [6, 6.07) is 12.8. The van der Waals surface area contributed by atoms with E-state index in [0.717, 1.165) is 17.4 Å². The van der Waals surface area contributed by atoms with Crippen LogP contribution in [-0.2, 0) is 0 Å². The SMILES string of the molecule is Cc1cc(-c2ccc(C3CCC(C)CC3)cc2C)ccc1O. The van der Waals surface area contributed by atoms with Gasteiger partial charge in [0.15, 0.2) is 0 Å². The average Bonchev–Trinajstić information content (AvgIpc) is 2.51.